The molecule has 0 saturated heterocycles. The van der Waals surface area contributed by atoms with Crippen molar-refractivity contribution in [2.24, 2.45) is 0 Å². The summed E-state index contributed by atoms with van der Waals surface area (Å²) in [6.07, 6.45) is 13.3. The van der Waals surface area contributed by atoms with Gasteiger partial charge in [0, 0.05) is 0 Å². The molecular weight excluding hydrogens is 639 g/mol. The molecule has 2 atom stereocenters. The van der Waals surface area contributed by atoms with E-state index in [1.807, 2.05) is 0 Å². The molecule has 38 heavy (non-hydrogen) atoms. The van der Waals surface area contributed by atoms with Crippen LogP contribution in [0.3, 0.4) is 0 Å². The van der Waals surface area contributed by atoms with E-state index in [4.69, 9.17) is 0 Å². The van der Waals surface area contributed by atoms with Gasteiger partial charge in [-0.15, -0.1) is 0 Å². The van der Waals surface area contributed by atoms with Crippen molar-refractivity contribution < 1.29 is 17.1 Å². The first-order valence-corrected chi connectivity index (χ1v) is 33.2. The number of hydrogen-bond acceptors (Lipinski definition) is 0. The summed E-state index contributed by atoms with van der Waals surface area (Å²) >= 11 is -3.61. The molecule has 0 aliphatic heterocycles. The van der Waals surface area contributed by atoms with E-state index in [2.05, 4.69) is 138 Å². The monoisotopic (exact) mass is 678 g/mol. The Morgan fingerprint density at radius 3 is 1.53 bits per heavy atom. The van der Waals surface area contributed by atoms with Crippen LogP contribution in [0.25, 0.3) is 34.4 Å². The predicted molar refractivity (Wildman–Crippen MR) is 166 cm³/mol. The van der Waals surface area contributed by atoms with E-state index < -0.39 is 17.1 Å². The first-order valence-electron chi connectivity index (χ1n) is 14.3. The zero-order valence-corrected chi connectivity index (χ0v) is 27.6. The van der Waals surface area contributed by atoms with Crippen LogP contribution in [-0.2, 0) is 17.1 Å². The summed E-state index contributed by atoms with van der Waals surface area (Å²) in [7, 11) is 0. The van der Waals surface area contributed by atoms with Crippen LogP contribution in [0.5, 0.6) is 0 Å². The van der Waals surface area contributed by atoms with Crippen LogP contribution in [0.4, 0.5) is 0 Å². The van der Waals surface area contributed by atoms with Crippen molar-refractivity contribution in [3.8, 4) is 22.3 Å². The normalized spacial score (nSPS) is 17.9. The molecule has 0 N–H and O–H groups in total. The topological polar surface area (TPSA) is 0 Å². The van der Waals surface area contributed by atoms with Crippen molar-refractivity contribution in [3.05, 3.63) is 131 Å². The summed E-state index contributed by atoms with van der Waals surface area (Å²) in [6.45, 7) is 2.35. The molecule has 0 nitrogen and oxygen atoms in total. The molecule has 0 bridgehead atoms. The van der Waals surface area contributed by atoms with Gasteiger partial charge in [-0.25, -0.2) is 0 Å². The maximum atomic E-state index is 2.83. The van der Waals surface area contributed by atoms with Crippen LogP contribution in [0.1, 0.15) is 49.4 Å². The maximum absolute atomic E-state index is 3.61. The van der Waals surface area contributed by atoms with Gasteiger partial charge in [0.25, 0.3) is 0 Å². The molecule has 2 aliphatic rings. The quantitative estimate of drug-likeness (QED) is 0.135. The molecule has 2 unspecified atom stereocenters. The molecule has 190 valence electrons. The molecule has 2 aliphatic carbocycles. The van der Waals surface area contributed by atoms with Crippen LogP contribution in [0, 0.1) is 0 Å². The first-order chi connectivity index (χ1) is 18.5. The second-order valence-electron chi connectivity index (χ2n) is 12.1. The number of fused-ring (bicyclic) bond motifs is 2. The molecular formula is C36H38HfSi. The second kappa shape index (κ2) is 10.2. The van der Waals surface area contributed by atoms with Gasteiger partial charge in [-0.1, -0.05) is 0 Å². The summed E-state index contributed by atoms with van der Waals surface area (Å²) in [6, 6.07) is 37.5. The van der Waals surface area contributed by atoms with E-state index in [9.17, 15) is 0 Å². The van der Waals surface area contributed by atoms with E-state index >= 15 is 0 Å². The van der Waals surface area contributed by atoms with Gasteiger partial charge in [0.1, 0.15) is 0 Å². The Hall–Kier alpha value is -2.55. The number of rotatable bonds is 7. The summed E-state index contributed by atoms with van der Waals surface area (Å²) in [4.78, 5) is 0. The van der Waals surface area contributed by atoms with Gasteiger partial charge in [0.05, 0.1) is 0 Å². The van der Waals surface area contributed by atoms with E-state index in [-0.39, 0.29) is 0 Å². The van der Waals surface area contributed by atoms with Crippen LogP contribution < -0.4 is 0 Å². The molecule has 0 spiro atoms. The third-order valence-corrected chi connectivity index (χ3v) is 51.9. The average Bonchev–Trinajstić information content (AvgIpc) is 3.60. The number of hydrogen-bond donors (Lipinski definition) is 0. The van der Waals surface area contributed by atoms with E-state index in [0.717, 1.165) is 0 Å². The Morgan fingerprint density at radius 1 is 0.605 bits per heavy atom. The van der Waals surface area contributed by atoms with Crippen molar-refractivity contribution in [2.45, 2.75) is 42.5 Å². The van der Waals surface area contributed by atoms with E-state index in [1.165, 1.54) is 52.3 Å². The Kier molecular flexibility index (Phi) is 6.91. The van der Waals surface area contributed by atoms with Gasteiger partial charge in [0.15, 0.2) is 0 Å². The number of allylic oxidation sites excluding steroid dienone is 2. The minimum absolute atomic E-state index is 0.411. The Morgan fingerprint density at radius 2 is 1.08 bits per heavy atom. The molecule has 0 heterocycles. The predicted octanol–water partition coefficient (Wildman–Crippen LogP) is 10.2. The minimum atomic E-state index is -3.61. The summed E-state index contributed by atoms with van der Waals surface area (Å²) < 4.78 is 6.86. The Labute approximate surface area is 230 Å². The molecule has 0 saturated carbocycles. The standard InChI is InChI=1S/2C15H11.C4H10Si.2CH3.Hf/c2*1-2-6-12(7-3-1)14-10-4-8-13-9-5-11-15(13)14;1-2-3-4-5;;;/h2*1-11H;5H,2-4H2,1H3;2*1H3;. The zero-order valence-electron chi connectivity index (χ0n) is 22.9. The third-order valence-electron chi connectivity index (χ3n) is 9.34. The third kappa shape index (κ3) is 4.30. The molecule has 0 radical (unpaired) electrons. The molecule has 4 aromatic rings. The van der Waals surface area contributed by atoms with E-state index in [1.54, 1.807) is 11.1 Å². The first kappa shape index (κ1) is 25.7. The van der Waals surface area contributed by atoms with Crippen LogP contribution in [0.2, 0.25) is 15.4 Å². The average molecular weight is 677 g/mol. The Bertz CT molecular complexity index is 1490. The second-order valence-corrected chi connectivity index (χ2v) is 56.5. The summed E-state index contributed by atoms with van der Waals surface area (Å²) in [5, 5.41) is 0. The Balaban J connectivity index is 1.51. The molecule has 0 aromatic heterocycles. The fourth-order valence-electron chi connectivity index (χ4n) is 7.21. The molecule has 4 aromatic carbocycles. The van der Waals surface area contributed by atoms with Crippen molar-refractivity contribution in [1.29, 1.82) is 0 Å². The van der Waals surface area contributed by atoms with Gasteiger partial charge in [-0.05, 0) is 0 Å². The van der Waals surface area contributed by atoms with Crippen LogP contribution in [0.15, 0.2) is 109 Å². The number of unbranched alkanes of at least 4 members (excludes halogenated alkanes) is 1. The number of benzene rings is 4. The van der Waals surface area contributed by atoms with Gasteiger partial charge < -0.3 is 0 Å². The zero-order chi connectivity index (χ0) is 26.2. The molecule has 6 rings (SSSR count). The van der Waals surface area contributed by atoms with Crippen LogP contribution in [-0.4, -0.2) is 6.22 Å². The van der Waals surface area contributed by atoms with Crippen molar-refractivity contribution in [2.75, 3.05) is 0 Å². The van der Waals surface area contributed by atoms with Gasteiger partial charge in [-0.3, -0.25) is 0 Å². The fraction of sp³-hybridized carbons (Fsp3) is 0.222. The van der Waals surface area contributed by atoms with Crippen molar-refractivity contribution in [3.63, 3.8) is 0 Å². The SMILES string of the molecule is CCCC[SiH]=[Hf]([CH3])([CH3])([CH]1C=Cc2c(-c3ccccc3)cccc21)[CH]1C=Cc2c(-c3ccccc3)cccc21. The van der Waals surface area contributed by atoms with Gasteiger partial charge in [0.2, 0.25) is 0 Å². The van der Waals surface area contributed by atoms with Gasteiger partial charge >= 0.3 is 232 Å². The summed E-state index contributed by atoms with van der Waals surface area (Å²) in [5.74, 6) is 0. The fourth-order valence-corrected chi connectivity index (χ4v) is 46.8. The van der Waals surface area contributed by atoms with Gasteiger partial charge in [-0.2, -0.15) is 0 Å². The van der Waals surface area contributed by atoms with Crippen molar-refractivity contribution in [1.82, 2.24) is 0 Å². The van der Waals surface area contributed by atoms with Crippen LogP contribution >= 0.6 is 0 Å². The molecule has 0 fully saturated rings. The summed E-state index contributed by atoms with van der Waals surface area (Å²) in [5.41, 5.74) is 11.5. The molecule has 0 amide bonds. The van der Waals surface area contributed by atoms with E-state index in [0.29, 0.717) is 13.6 Å². The molecule has 2 heteroatoms. The van der Waals surface area contributed by atoms with Crippen molar-refractivity contribution >= 4 is 18.4 Å².